The van der Waals surface area contributed by atoms with Crippen LogP contribution < -0.4 is 0 Å². The smallest absolute Gasteiger partial charge is 0.298 e. The third kappa shape index (κ3) is 2.29. The molecule has 0 heterocycles. The van der Waals surface area contributed by atoms with Crippen molar-refractivity contribution in [3.63, 3.8) is 0 Å². The molecule has 0 saturated heterocycles. The molecule has 1 rings (SSSR count). The second-order valence-corrected chi connectivity index (χ2v) is 3.43. The Balaban J connectivity index is 3.59. The zero-order valence-electron chi connectivity index (χ0n) is 8.68. The van der Waals surface area contributed by atoms with Crippen molar-refractivity contribution in [2.45, 2.75) is 20.0 Å². The van der Waals surface area contributed by atoms with E-state index in [1.54, 1.807) is 0 Å². The number of aldehydes is 1. The van der Waals surface area contributed by atoms with Crippen molar-refractivity contribution in [1.29, 1.82) is 0 Å². The number of hydrogen-bond acceptors (Lipinski definition) is 2. The summed E-state index contributed by atoms with van der Waals surface area (Å²) in [5, 5.41) is 0. The Morgan fingerprint density at radius 3 is 2.25 bits per heavy atom. The highest BCUT2D eigenvalue weighted by Gasteiger charge is 2.35. The Morgan fingerprint density at radius 2 is 1.88 bits per heavy atom. The SMILES string of the molecule is CC(=O)c1c(C)cc(C=O)cc1C(F)(F)F. The standard InChI is InChI=1S/C11H9F3O2/c1-6-3-8(5-15)4-9(11(12,13)14)10(6)7(2)16/h3-5H,1-2H3. The topological polar surface area (TPSA) is 34.1 Å². The highest BCUT2D eigenvalue weighted by Crippen LogP contribution is 2.34. The lowest BCUT2D eigenvalue weighted by molar-refractivity contribution is -0.138. The highest BCUT2D eigenvalue weighted by atomic mass is 19.4. The predicted molar refractivity (Wildman–Crippen MR) is 51.6 cm³/mol. The first kappa shape index (κ1) is 12.4. The third-order valence-electron chi connectivity index (χ3n) is 2.15. The molecule has 0 bridgehead atoms. The zero-order chi connectivity index (χ0) is 12.5. The normalized spacial score (nSPS) is 11.3. The van der Waals surface area contributed by atoms with Gasteiger partial charge in [0, 0.05) is 11.1 Å². The summed E-state index contributed by atoms with van der Waals surface area (Å²) in [4.78, 5) is 21.6. The van der Waals surface area contributed by atoms with Crippen molar-refractivity contribution >= 4 is 12.1 Å². The molecular weight excluding hydrogens is 221 g/mol. The van der Waals surface area contributed by atoms with Gasteiger partial charge in [0.25, 0.3) is 0 Å². The molecule has 0 aliphatic rings. The lowest BCUT2D eigenvalue weighted by Crippen LogP contribution is -2.14. The summed E-state index contributed by atoms with van der Waals surface area (Å²) in [6.07, 6.45) is -4.31. The largest absolute Gasteiger partial charge is 0.417 e. The average molecular weight is 230 g/mol. The number of aryl methyl sites for hydroxylation is 1. The van der Waals surface area contributed by atoms with E-state index in [0.29, 0.717) is 12.4 Å². The second-order valence-electron chi connectivity index (χ2n) is 3.43. The van der Waals surface area contributed by atoms with Crippen molar-refractivity contribution in [3.8, 4) is 0 Å². The van der Waals surface area contributed by atoms with Crippen LogP contribution in [0.2, 0.25) is 0 Å². The van der Waals surface area contributed by atoms with E-state index in [1.165, 1.54) is 13.0 Å². The zero-order valence-corrected chi connectivity index (χ0v) is 8.68. The number of hydrogen-bond donors (Lipinski definition) is 0. The van der Waals surface area contributed by atoms with Crippen molar-refractivity contribution in [2.24, 2.45) is 0 Å². The number of Topliss-reactive ketones (excluding diaryl/α,β-unsaturated/α-hetero) is 1. The molecule has 0 saturated carbocycles. The Kier molecular flexibility index (Phi) is 3.16. The van der Waals surface area contributed by atoms with E-state index >= 15 is 0 Å². The number of benzene rings is 1. The maximum Gasteiger partial charge on any atom is 0.417 e. The minimum atomic E-state index is -4.63. The van der Waals surface area contributed by atoms with Crippen LogP contribution in [0.3, 0.4) is 0 Å². The minimum Gasteiger partial charge on any atom is -0.298 e. The summed E-state index contributed by atoms with van der Waals surface area (Å²) >= 11 is 0. The van der Waals surface area contributed by atoms with Gasteiger partial charge in [0.1, 0.15) is 6.29 Å². The van der Waals surface area contributed by atoms with Gasteiger partial charge in [-0.2, -0.15) is 13.2 Å². The predicted octanol–water partition coefficient (Wildman–Crippen LogP) is 3.03. The highest BCUT2D eigenvalue weighted by molar-refractivity contribution is 5.98. The first-order chi connectivity index (χ1) is 7.27. The van der Waals surface area contributed by atoms with Crippen LogP contribution >= 0.6 is 0 Å². The van der Waals surface area contributed by atoms with Crippen LogP contribution in [0.4, 0.5) is 13.2 Å². The Hall–Kier alpha value is -1.65. The van der Waals surface area contributed by atoms with Crippen LogP contribution in [0.1, 0.15) is 38.8 Å². The Morgan fingerprint density at radius 1 is 1.31 bits per heavy atom. The van der Waals surface area contributed by atoms with Crippen LogP contribution in [0, 0.1) is 6.92 Å². The number of ketones is 1. The molecule has 2 nitrogen and oxygen atoms in total. The molecule has 16 heavy (non-hydrogen) atoms. The molecule has 0 aromatic heterocycles. The third-order valence-corrected chi connectivity index (χ3v) is 2.15. The molecule has 0 fully saturated rings. The molecular formula is C11H9F3O2. The van der Waals surface area contributed by atoms with Gasteiger partial charge in [-0.05, 0) is 31.5 Å². The molecule has 1 aromatic carbocycles. The fourth-order valence-electron chi connectivity index (χ4n) is 1.57. The van der Waals surface area contributed by atoms with E-state index in [-0.39, 0.29) is 16.7 Å². The quantitative estimate of drug-likeness (QED) is 0.578. The molecule has 1 aromatic rings. The number of rotatable bonds is 2. The number of carbonyl (C=O) groups excluding carboxylic acids is 2. The Labute approximate surface area is 90.1 Å². The fourth-order valence-corrected chi connectivity index (χ4v) is 1.57. The van der Waals surface area contributed by atoms with Gasteiger partial charge in [0.15, 0.2) is 5.78 Å². The van der Waals surface area contributed by atoms with Gasteiger partial charge in [0.2, 0.25) is 0 Å². The van der Waals surface area contributed by atoms with Crippen molar-refractivity contribution in [3.05, 3.63) is 34.4 Å². The molecule has 0 aliphatic heterocycles. The monoisotopic (exact) mass is 230 g/mol. The first-order valence-electron chi connectivity index (χ1n) is 4.45. The maximum absolute atomic E-state index is 12.6. The van der Waals surface area contributed by atoms with E-state index in [1.807, 2.05) is 0 Å². The molecule has 0 spiro atoms. The molecule has 0 unspecified atom stereocenters. The summed E-state index contributed by atoms with van der Waals surface area (Å²) in [7, 11) is 0. The number of carbonyl (C=O) groups is 2. The number of halogens is 3. The minimum absolute atomic E-state index is 0.0881. The summed E-state index contributed by atoms with van der Waals surface area (Å²) in [5.41, 5.74) is -1.36. The Bertz CT molecular complexity index is 447. The van der Waals surface area contributed by atoms with Gasteiger partial charge in [0.05, 0.1) is 5.56 Å². The molecule has 0 N–H and O–H groups in total. The van der Waals surface area contributed by atoms with Crippen LogP contribution in [0.15, 0.2) is 12.1 Å². The maximum atomic E-state index is 12.6. The second kappa shape index (κ2) is 4.08. The van der Waals surface area contributed by atoms with Crippen molar-refractivity contribution in [1.82, 2.24) is 0 Å². The van der Waals surface area contributed by atoms with Gasteiger partial charge >= 0.3 is 6.18 Å². The first-order valence-corrected chi connectivity index (χ1v) is 4.45. The van der Waals surface area contributed by atoms with Crippen molar-refractivity contribution in [2.75, 3.05) is 0 Å². The van der Waals surface area contributed by atoms with E-state index in [0.717, 1.165) is 6.92 Å². The average Bonchev–Trinajstić information content (AvgIpc) is 2.14. The molecule has 5 heteroatoms. The summed E-state index contributed by atoms with van der Waals surface area (Å²) in [6, 6.07) is 1.95. The molecule has 86 valence electrons. The van der Waals surface area contributed by atoms with Crippen molar-refractivity contribution < 1.29 is 22.8 Å². The van der Waals surface area contributed by atoms with Crippen LogP contribution in [-0.2, 0) is 6.18 Å². The van der Waals surface area contributed by atoms with Crippen LogP contribution in [-0.4, -0.2) is 12.1 Å². The molecule has 0 amide bonds. The molecule has 0 aliphatic carbocycles. The number of alkyl halides is 3. The van der Waals surface area contributed by atoms with Gasteiger partial charge < -0.3 is 0 Å². The summed E-state index contributed by atoms with van der Waals surface area (Å²) in [6.45, 7) is 2.44. The lowest BCUT2D eigenvalue weighted by Gasteiger charge is -2.13. The van der Waals surface area contributed by atoms with Crippen LogP contribution in [0.5, 0.6) is 0 Å². The van der Waals surface area contributed by atoms with Crippen LogP contribution in [0.25, 0.3) is 0 Å². The fraction of sp³-hybridized carbons (Fsp3) is 0.273. The van der Waals surface area contributed by atoms with Gasteiger partial charge in [-0.25, -0.2) is 0 Å². The van der Waals surface area contributed by atoms with Gasteiger partial charge in [-0.15, -0.1) is 0 Å². The lowest BCUT2D eigenvalue weighted by atomic mass is 9.96. The van der Waals surface area contributed by atoms with Gasteiger partial charge in [-0.1, -0.05) is 0 Å². The van der Waals surface area contributed by atoms with E-state index in [4.69, 9.17) is 0 Å². The van der Waals surface area contributed by atoms with E-state index < -0.39 is 17.5 Å². The van der Waals surface area contributed by atoms with Gasteiger partial charge in [-0.3, -0.25) is 9.59 Å². The summed E-state index contributed by atoms with van der Waals surface area (Å²) < 4.78 is 37.9. The van der Waals surface area contributed by atoms with E-state index in [9.17, 15) is 22.8 Å². The van der Waals surface area contributed by atoms with E-state index in [2.05, 4.69) is 0 Å². The molecule has 0 radical (unpaired) electrons. The summed E-state index contributed by atoms with van der Waals surface area (Å²) in [5.74, 6) is -0.665. The molecule has 0 atom stereocenters.